The van der Waals surface area contributed by atoms with E-state index in [4.69, 9.17) is 0 Å². The third-order valence-electron chi connectivity index (χ3n) is 3.43. The number of likely N-dealkylation sites (N-methyl/N-ethyl adjacent to an activating group) is 1. The van der Waals surface area contributed by atoms with Gasteiger partial charge in [-0.3, -0.25) is 9.59 Å². The molecule has 7 heteroatoms. The fraction of sp³-hybridized carbons (Fsp3) is 0.385. The van der Waals surface area contributed by atoms with E-state index in [1.165, 1.54) is 0 Å². The molecule has 104 valence electrons. The number of carbonyl (C=O) groups is 2. The fourth-order valence-corrected chi connectivity index (χ4v) is 2.44. The van der Waals surface area contributed by atoms with Crippen LogP contribution in [0.5, 0.6) is 0 Å². The SMILES string of the molecule is Cc1nc2nccc(C(=O)NC3CC(=O)N(C)C3)c2[nH]1. The van der Waals surface area contributed by atoms with E-state index in [2.05, 4.69) is 20.3 Å². The second-order valence-corrected chi connectivity index (χ2v) is 5.03. The average molecular weight is 273 g/mol. The summed E-state index contributed by atoms with van der Waals surface area (Å²) in [6.45, 7) is 2.36. The average Bonchev–Trinajstić information content (AvgIpc) is 2.91. The van der Waals surface area contributed by atoms with Crippen LogP contribution in [0.2, 0.25) is 0 Å². The Kier molecular flexibility index (Phi) is 2.89. The predicted octanol–water partition coefficient (Wildman–Crippen LogP) is 0.227. The third-order valence-corrected chi connectivity index (χ3v) is 3.43. The molecule has 2 aromatic heterocycles. The quantitative estimate of drug-likeness (QED) is 0.819. The molecule has 2 aromatic rings. The maximum Gasteiger partial charge on any atom is 0.253 e. The van der Waals surface area contributed by atoms with Crippen LogP contribution in [0.4, 0.5) is 0 Å². The molecule has 7 nitrogen and oxygen atoms in total. The van der Waals surface area contributed by atoms with Crippen LogP contribution in [0.25, 0.3) is 11.2 Å². The molecule has 3 rings (SSSR count). The summed E-state index contributed by atoms with van der Waals surface area (Å²) in [5.74, 6) is 0.547. The van der Waals surface area contributed by atoms with Crippen molar-refractivity contribution in [1.82, 2.24) is 25.2 Å². The number of hydrogen-bond acceptors (Lipinski definition) is 4. The summed E-state index contributed by atoms with van der Waals surface area (Å²) < 4.78 is 0. The fourth-order valence-electron chi connectivity index (χ4n) is 2.44. The van der Waals surface area contributed by atoms with Crippen LogP contribution in [-0.4, -0.2) is 51.3 Å². The molecule has 0 saturated carbocycles. The molecule has 1 atom stereocenters. The van der Waals surface area contributed by atoms with Crippen LogP contribution in [0.1, 0.15) is 22.6 Å². The first kappa shape index (κ1) is 12.6. The predicted molar refractivity (Wildman–Crippen MR) is 72.1 cm³/mol. The zero-order valence-electron chi connectivity index (χ0n) is 11.3. The van der Waals surface area contributed by atoms with Crippen LogP contribution in [0.3, 0.4) is 0 Å². The number of nitrogens with one attached hydrogen (secondary N) is 2. The summed E-state index contributed by atoms with van der Waals surface area (Å²) in [6, 6.07) is 1.50. The number of likely N-dealkylation sites (tertiary alicyclic amines) is 1. The van der Waals surface area contributed by atoms with E-state index in [9.17, 15) is 9.59 Å². The number of aryl methyl sites for hydroxylation is 1. The van der Waals surface area contributed by atoms with Gasteiger partial charge in [0, 0.05) is 26.2 Å². The molecule has 0 bridgehead atoms. The number of amides is 2. The molecular weight excluding hydrogens is 258 g/mol. The second kappa shape index (κ2) is 4.59. The highest BCUT2D eigenvalue weighted by Gasteiger charge is 2.28. The Balaban J connectivity index is 1.84. The van der Waals surface area contributed by atoms with Gasteiger partial charge in [-0.1, -0.05) is 0 Å². The molecule has 3 heterocycles. The second-order valence-electron chi connectivity index (χ2n) is 5.03. The van der Waals surface area contributed by atoms with Gasteiger partial charge in [-0.15, -0.1) is 0 Å². The van der Waals surface area contributed by atoms with Crippen LogP contribution in [0.15, 0.2) is 12.3 Å². The number of hydrogen-bond donors (Lipinski definition) is 2. The summed E-state index contributed by atoms with van der Waals surface area (Å²) >= 11 is 0. The minimum absolute atomic E-state index is 0.0487. The van der Waals surface area contributed by atoms with E-state index < -0.39 is 0 Å². The van der Waals surface area contributed by atoms with Crippen molar-refractivity contribution in [1.29, 1.82) is 0 Å². The van der Waals surface area contributed by atoms with Crippen molar-refractivity contribution >= 4 is 23.0 Å². The first-order chi connectivity index (χ1) is 9.54. The molecule has 2 amide bonds. The Morgan fingerprint density at radius 3 is 3.05 bits per heavy atom. The highest BCUT2D eigenvalue weighted by molar-refractivity contribution is 6.04. The molecule has 0 spiro atoms. The van der Waals surface area contributed by atoms with Gasteiger partial charge in [-0.05, 0) is 13.0 Å². The molecule has 1 aliphatic rings. The lowest BCUT2D eigenvalue weighted by atomic mass is 10.2. The molecule has 0 radical (unpaired) electrons. The van der Waals surface area contributed by atoms with Gasteiger partial charge in [-0.25, -0.2) is 9.97 Å². The van der Waals surface area contributed by atoms with E-state index in [1.807, 2.05) is 6.92 Å². The Morgan fingerprint density at radius 1 is 1.55 bits per heavy atom. The van der Waals surface area contributed by atoms with E-state index in [0.717, 1.165) is 0 Å². The number of rotatable bonds is 2. The van der Waals surface area contributed by atoms with Crippen molar-refractivity contribution in [3.63, 3.8) is 0 Å². The molecule has 0 aliphatic carbocycles. The lowest BCUT2D eigenvalue weighted by molar-refractivity contribution is -0.126. The summed E-state index contributed by atoms with van der Waals surface area (Å²) in [5, 5.41) is 2.88. The molecule has 1 unspecified atom stereocenters. The van der Waals surface area contributed by atoms with Crippen molar-refractivity contribution in [2.75, 3.05) is 13.6 Å². The number of carbonyl (C=O) groups excluding carboxylic acids is 2. The highest BCUT2D eigenvalue weighted by Crippen LogP contribution is 2.15. The van der Waals surface area contributed by atoms with Crippen molar-refractivity contribution < 1.29 is 9.59 Å². The Hall–Kier alpha value is -2.44. The Labute approximate surface area is 115 Å². The zero-order chi connectivity index (χ0) is 14.3. The van der Waals surface area contributed by atoms with E-state index >= 15 is 0 Å². The summed E-state index contributed by atoms with van der Waals surface area (Å²) in [5.41, 5.74) is 1.65. The van der Waals surface area contributed by atoms with Gasteiger partial charge in [0.2, 0.25) is 5.91 Å². The molecular formula is C13H15N5O2. The first-order valence-corrected chi connectivity index (χ1v) is 6.41. The molecule has 20 heavy (non-hydrogen) atoms. The largest absolute Gasteiger partial charge is 0.347 e. The normalized spacial score (nSPS) is 18.8. The van der Waals surface area contributed by atoms with Gasteiger partial charge < -0.3 is 15.2 Å². The molecule has 0 aromatic carbocycles. The molecule has 1 saturated heterocycles. The number of H-pyrrole nitrogens is 1. The topological polar surface area (TPSA) is 91.0 Å². The first-order valence-electron chi connectivity index (χ1n) is 6.41. The van der Waals surface area contributed by atoms with Gasteiger partial charge in [-0.2, -0.15) is 0 Å². The van der Waals surface area contributed by atoms with Crippen LogP contribution >= 0.6 is 0 Å². The molecule has 2 N–H and O–H groups in total. The lowest BCUT2D eigenvalue weighted by Crippen LogP contribution is -2.36. The number of pyridine rings is 1. The number of imidazole rings is 1. The minimum Gasteiger partial charge on any atom is -0.347 e. The van der Waals surface area contributed by atoms with Crippen molar-refractivity contribution in [3.05, 3.63) is 23.7 Å². The van der Waals surface area contributed by atoms with Crippen molar-refractivity contribution in [2.45, 2.75) is 19.4 Å². The molecule has 1 aliphatic heterocycles. The molecule has 1 fully saturated rings. The smallest absolute Gasteiger partial charge is 0.253 e. The van der Waals surface area contributed by atoms with Gasteiger partial charge >= 0.3 is 0 Å². The Morgan fingerprint density at radius 2 is 2.35 bits per heavy atom. The maximum absolute atomic E-state index is 12.3. The van der Waals surface area contributed by atoms with Gasteiger partial charge in [0.05, 0.1) is 17.1 Å². The lowest BCUT2D eigenvalue weighted by Gasteiger charge is -2.12. The maximum atomic E-state index is 12.3. The van der Waals surface area contributed by atoms with E-state index in [-0.39, 0.29) is 17.9 Å². The number of fused-ring (bicyclic) bond motifs is 1. The summed E-state index contributed by atoms with van der Waals surface area (Å²) in [6.07, 6.45) is 1.90. The minimum atomic E-state index is -0.214. The number of aromatic nitrogens is 3. The Bertz CT molecular complexity index is 693. The van der Waals surface area contributed by atoms with Crippen LogP contribution in [-0.2, 0) is 4.79 Å². The van der Waals surface area contributed by atoms with Gasteiger partial charge in [0.25, 0.3) is 5.91 Å². The highest BCUT2D eigenvalue weighted by atomic mass is 16.2. The third kappa shape index (κ3) is 2.11. The number of aromatic amines is 1. The van der Waals surface area contributed by atoms with Crippen molar-refractivity contribution in [2.24, 2.45) is 0 Å². The van der Waals surface area contributed by atoms with Crippen LogP contribution in [0, 0.1) is 6.92 Å². The van der Waals surface area contributed by atoms with Gasteiger partial charge in [0.1, 0.15) is 5.82 Å². The van der Waals surface area contributed by atoms with Crippen molar-refractivity contribution in [3.8, 4) is 0 Å². The van der Waals surface area contributed by atoms with E-state index in [1.54, 1.807) is 24.2 Å². The monoisotopic (exact) mass is 273 g/mol. The van der Waals surface area contributed by atoms with Crippen LogP contribution < -0.4 is 5.32 Å². The summed E-state index contributed by atoms with van der Waals surface area (Å²) in [4.78, 5) is 36.8. The zero-order valence-corrected chi connectivity index (χ0v) is 11.3. The summed E-state index contributed by atoms with van der Waals surface area (Å²) in [7, 11) is 1.73. The standard InChI is InChI=1S/C13H15N5O2/c1-7-15-11-9(3-4-14-12(11)16-7)13(20)17-8-5-10(19)18(2)6-8/h3-4,8H,5-6H2,1-2H3,(H,17,20)(H,14,15,16). The van der Waals surface area contributed by atoms with Gasteiger partial charge in [0.15, 0.2) is 5.65 Å². The number of nitrogens with zero attached hydrogens (tertiary/aromatic N) is 3. The van der Waals surface area contributed by atoms with E-state index in [0.29, 0.717) is 35.5 Å².